The zero-order valence-corrected chi connectivity index (χ0v) is 9.24. The Balaban J connectivity index is 2.41. The molecular weight excluding hydrogens is 236 g/mol. The quantitative estimate of drug-likeness (QED) is 0.550. The van der Waals surface area contributed by atoms with E-state index in [1.165, 1.54) is 6.20 Å². The summed E-state index contributed by atoms with van der Waals surface area (Å²) in [6.45, 7) is 0. The lowest BCUT2D eigenvalue weighted by Gasteiger charge is -2.00. The maximum absolute atomic E-state index is 13.5. The molecule has 0 amide bonds. The minimum atomic E-state index is -0.856. The van der Waals surface area contributed by atoms with E-state index in [-0.39, 0.29) is 11.3 Å². The lowest BCUT2D eigenvalue weighted by Crippen LogP contribution is -1.97. The van der Waals surface area contributed by atoms with E-state index >= 15 is 0 Å². The lowest BCUT2D eigenvalue weighted by molar-refractivity contribution is 0.580. The molecule has 0 fully saturated rings. The normalized spacial score (nSPS) is 9.67. The second kappa shape index (κ2) is 4.72. The lowest BCUT2D eigenvalue weighted by atomic mass is 10.1. The molecule has 2 aromatic rings. The standard InChI is InChI=1S/C13H9F2N3/c14-10-4-5-11(16)13(15)9(10)3-1-8-2-6-12(17)18-7-8/h2,4-7H,16H2,(H2,17,18). The van der Waals surface area contributed by atoms with Gasteiger partial charge in [0.1, 0.15) is 11.6 Å². The molecule has 1 aromatic heterocycles. The molecule has 0 radical (unpaired) electrons. The Bertz CT molecular complexity index is 640. The molecule has 0 atom stereocenters. The zero-order chi connectivity index (χ0) is 13.1. The molecule has 3 nitrogen and oxygen atoms in total. The Morgan fingerprint density at radius 1 is 1.00 bits per heavy atom. The van der Waals surface area contributed by atoms with Crippen LogP contribution in [-0.4, -0.2) is 4.98 Å². The van der Waals surface area contributed by atoms with Gasteiger partial charge in [0.2, 0.25) is 0 Å². The minimum absolute atomic E-state index is 0.142. The average Bonchev–Trinajstić information content (AvgIpc) is 2.36. The van der Waals surface area contributed by atoms with Crippen LogP contribution < -0.4 is 11.5 Å². The molecule has 0 saturated heterocycles. The van der Waals surface area contributed by atoms with Gasteiger partial charge in [0, 0.05) is 11.8 Å². The summed E-state index contributed by atoms with van der Waals surface area (Å²) in [6.07, 6.45) is 1.42. The van der Waals surface area contributed by atoms with Crippen LogP contribution in [0.1, 0.15) is 11.1 Å². The number of nitrogen functional groups attached to an aromatic ring is 2. The number of pyridine rings is 1. The van der Waals surface area contributed by atoms with Crippen LogP contribution in [0.4, 0.5) is 20.3 Å². The molecule has 0 unspecified atom stereocenters. The summed E-state index contributed by atoms with van der Waals surface area (Å²) in [7, 11) is 0. The van der Waals surface area contributed by atoms with E-state index in [9.17, 15) is 8.78 Å². The third kappa shape index (κ3) is 2.38. The summed E-state index contributed by atoms with van der Waals surface area (Å²) in [5.74, 6) is 3.73. The molecule has 0 aliphatic rings. The van der Waals surface area contributed by atoms with Gasteiger partial charge >= 0.3 is 0 Å². The van der Waals surface area contributed by atoms with Crippen LogP contribution in [-0.2, 0) is 0 Å². The summed E-state index contributed by atoms with van der Waals surface area (Å²) < 4.78 is 26.9. The van der Waals surface area contributed by atoms with Crippen LogP contribution in [0.5, 0.6) is 0 Å². The fraction of sp³-hybridized carbons (Fsp3) is 0. The topological polar surface area (TPSA) is 64.9 Å². The summed E-state index contributed by atoms with van der Waals surface area (Å²) in [5.41, 5.74) is 10.8. The van der Waals surface area contributed by atoms with E-state index in [0.29, 0.717) is 11.4 Å². The number of nitrogens with two attached hydrogens (primary N) is 2. The highest BCUT2D eigenvalue weighted by Gasteiger charge is 2.09. The number of rotatable bonds is 0. The fourth-order valence-electron chi connectivity index (χ4n) is 1.30. The van der Waals surface area contributed by atoms with Crippen molar-refractivity contribution in [2.75, 3.05) is 11.5 Å². The number of hydrogen-bond acceptors (Lipinski definition) is 3. The van der Waals surface area contributed by atoms with E-state index < -0.39 is 11.6 Å². The van der Waals surface area contributed by atoms with Crippen molar-refractivity contribution in [3.05, 3.63) is 53.2 Å². The summed E-state index contributed by atoms with van der Waals surface area (Å²) in [5, 5.41) is 0. The first-order valence-electron chi connectivity index (χ1n) is 5.05. The smallest absolute Gasteiger partial charge is 0.164 e. The van der Waals surface area contributed by atoms with Crippen molar-refractivity contribution in [1.82, 2.24) is 4.98 Å². The Morgan fingerprint density at radius 3 is 2.44 bits per heavy atom. The van der Waals surface area contributed by atoms with E-state index in [2.05, 4.69) is 16.8 Å². The van der Waals surface area contributed by atoms with Crippen molar-refractivity contribution in [2.24, 2.45) is 0 Å². The van der Waals surface area contributed by atoms with Gasteiger partial charge in [0.25, 0.3) is 0 Å². The molecule has 5 heteroatoms. The highest BCUT2D eigenvalue weighted by Crippen LogP contribution is 2.17. The van der Waals surface area contributed by atoms with Crippen molar-refractivity contribution < 1.29 is 8.78 Å². The van der Waals surface area contributed by atoms with Crippen molar-refractivity contribution in [1.29, 1.82) is 0 Å². The number of hydrogen-bond donors (Lipinski definition) is 2. The summed E-state index contributed by atoms with van der Waals surface area (Å²) in [4.78, 5) is 3.82. The predicted molar refractivity (Wildman–Crippen MR) is 65.4 cm³/mol. The number of nitrogens with zero attached hydrogens (tertiary/aromatic N) is 1. The van der Waals surface area contributed by atoms with E-state index in [4.69, 9.17) is 11.5 Å². The van der Waals surface area contributed by atoms with Gasteiger partial charge in [-0.1, -0.05) is 11.8 Å². The first kappa shape index (κ1) is 11.9. The Kier molecular flexibility index (Phi) is 3.11. The molecule has 0 aliphatic heterocycles. The summed E-state index contributed by atoms with van der Waals surface area (Å²) in [6, 6.07) is 5.39. The number of halogens is 2. The molecule has 0 spiro atoms. The highest BCUT2D eigenvalue weighted by atomic mass is 19.1. The van der Waals surface area contributed by atoms with Crippen LogP contribution in [0.3, 0.4) is 0 Å². The van der Waals surface area contributed by atoms with Crippen molar-refractivity contribution in [3.8, 4) is 11.8 Å². The Labute approximate surface area is 102 Å². The zero-order valence-electron chi connectivity index (χ0n) is 9.24. The minimum Gasteiger partial charge on any atom is -0.396 e. The maximum Gasteiger partial charge on any atom is 0.164 e. The van der Waals surface area contributed by atoms with Gasteiger partial charge in [-0.15, -0.1) is 0 Å². The van der Waals surface area contributed by atoms with Crippen molar-refractivity contribution in [2.45, 2.75) is 0 Å². The Hall–Kier alpha value is -2.61. The highest BCUT2D eigenvalue weighted by molar-refractivity contribution is 5.52. The molecular formula is C13H9F2N3. The molecule has 0 aliphatic carbocycles. The van der Waals surface area contributed by atoms with E-state index in [1.54, 1.807) is 12.1 Å². The van der Waals surface area contributed by atoms with Crippen LogP contribution in [0.15, 0.2) is 30.5 Å². The molecule has 0 bridgehead atoms. The van der Waals surface area contributed by atoms with Gasteiger partial charge in [-0.2, -0.15) is 0 Å². The Morgan fingerprint density at radius 2 is 1.78 bits per heavy atom. The van der Waals surface area contributed by atoms with Crippen LogP contribution in [0.2, 0.25) is 0 Å². The molecule has 90 valence electrons. The number of anilines is 2. The third-order valence-electron chi connectivity index (χ3n) is 2.24. The molecule has 18 heavy (non-hydrogen) atoms. The van der Waals surface area contributed by atoms with E-state index in [1.807, 2.05) is 0 Å². The molecule has 1 heterocycles. The first-order valence-corrected chi connectivity index (χ1v) is 5.05. The monoisotopic (exact) mass is 245 g/mol. The third-order valence-corrected chi connectivity index (χ3v) is 2.24. The molecule has 0 saturated carbocycles. The van der Waals surface area contributed by atoms with Crippen molar-refractivity contribution in [3.63, 3.8) is 0 Å². The summed E-state index contributed by atoms with van der Waals surface area (Å²) >= 11 is 0. The number of aromatic nitrogens is 1. The van der Waals surface area contributed by atoms with Crippen LogP contribution >= 0.6 is 0 Å². The fourth-order valence-corrected chi connectivity index (χ4v) is 1.30. The maximum atomic E-state index is 13.5. The SMILES string of the molecule is Nc1ccc(C#Cc2c(F)ccc(N)c2F)cn1. The number of benzene rings is 1. The van der Waals surface area contributed by atoms with Crippen LogP contribution in [0, 0.1) is 23.5 Å². The van der Waals surface area contributed by atoms with Gasteiger partial charge in [0.05, 0.1) is 11.3 Å². The largest absolute Gasteiger partial charge is 0.396 e. The first-order chi connectivity index (χ1) is 8.58. The van der Waals surface area contributed by atoms with Crippen LogP contribution in [0.25, 0.3) is 0 Å². The van der Waals surface area contributed by atoms with Gasteiger partial charge in [-0.05, 0) is 24.3 Å². The van der Waals surface area contributed by atoms with E-state index in [0.717, 1.165) is 12.1 Å². The molecule has 1 aromatic carbocycles. The van der Waals surface area contributed by atoms with Crippen molar-refractivity contribution >= 4 is 11.5 Å². The second-order valence-electron chi connectivity index (χ2n) is 3.55. The molecule has 2 rings (SSSR count). The van der Waals surface area contributed by atoms with Gasteiger partial charge in [-0.25, -0.2) is 13.8 Å². The van der Waals surface area contributed by atoms with Gasteiger partial charge in [0.15, 0.2) is 5.82 Å². The van der Waals surface area contributed by atoms with Gasteiger partial charge in [-0.3, -0.25) is 0 Å². The molecule has 4 N–H and O–H groups in total. The second-order valence-corrected chi connectivity index (χ2v) is 3.55. The predicted octanol–water partition coefficient (Wildman–Crippen LogP) is 1.92. The van der Waals surface area contributed by atoms with Gasteiger partial charge < -0.3 is 11.5 Å². The average molecular weight is 245 g/mol.